The summed E-state index contributed by atoms with van der Waals surface area (Å²) in [6, 6.07) is 8.83. The Kier molecular flexibility index (Phi) is 6.33. The highest BCUT2D eigenvalue weighted by atomic mass is 16.6. The smallest absolute Gasteiger partial charge is 0.410 e. The number of aliphatic hydroxyl groups is 1. The number of ether oxygens (including phenoxy) is 2. The fourth-order valence-electron chi connectivity index (χ4n) is 5.65. The van der Waals surface area contributed by atoms with Crippen LogP contribution >= 0.6 is 0 Å². The van der Waals surface area contributed by atoms with Gasteiger partial charge in [-0.3, -0.25) is 9.69 Å². The van der Waals surface area contributed by atoms with E-state index in [0.717, 1.165) is 50.9 Å². The molecule has 3 saturated heterocycles. The molecule has 5 rings (SSSR count). The number of aliphatic hydroxyl groups excluding tert-OH is 1. The number of nitrogens with zero attached hydrogens (tertiary/aromatic N) is 3. The van der Waals surface area contributed by atoms with Crippen molar-refractivity contribution in [1.29, 1.82) is 0 Å². The molecule has 1 aromatic rings. The zero-order chi connectivity index (χ0) is 23.0. The molecule has 4 atom stereocenters. The maximum Gasteiger partial charge on any atom is 0.410 e. The predicted molar refractivity (Wildman–Crippen MR) is 121 cm³/mol. The molecular formula is C25H35N3O5. The van der Waals surface area contributed by atoms with E-state index in [9.17, 15) is 14.7 Å². The van der Waals surface area contributed by atoms with Crippen LogP contribution in [0.15, 0.2) is 30.3 Å². The van der Waals surface area contributed by atoms with Crippen LogP contribution in [-0.2, 0) is 20.9 Å². The number of rotatable bonds is 5. The molecule has 0 aromatic heterocycles. The molecule has 1 spiro atoms. The fourth-order valence-corrected chi connectivity index (χ4v) is 5.65. The number of benzene rings is 1. The van der Waals surface area contributed by atoms with Crippen LogP contribution in [0.3, 0.4) is 0 Å². The van der Waals surface area contributed by atoms with Crippen LogP contribution in [0, 0.1) is 5.41 Å². The van der Waals surface area contributed by atoms with Gasteiger partial charge in [0.25, 0.3) is 0 Å². The Bertz CT molecular complexity index is 861. The average Bonchev–Trinajstić information content (AvgIpc) is 3.62. The molecule has 4 fully saturated rings. The first kappa shape index (κ1) is 22.6. The maximum atomic E-state index is 13.3. The van der Waals surface area contributed by atoms with Gasteiger partial charge < -0.3 is 24.4 Å². The molecule has 4 aliphatic rings. The summed E-state index contributed by atoms with van der Waals surface area (Å²) >= 11 is 0. The number of hydrogen-bond donors (Lipinski definition) is 1. The van der Waals surface area contributed by atoms with Crippen molar-refractivity contribution in [2.45, 2.75) is 63.4 Å². The normalized spacial score (nSPS) is 31.4. The molecule has 1 aliphatic carbocycles. The lowest BCUT2D eigenvalue weighted by Crippen LogP contribution is -2.68. The molecule has 1 aromatic carbocycles. The molecule has 33 heavy (non-hydrogen) atoms. The van der Waals surface area contributed by atoms with Gasteiger partial charge in [0.05, 0.1) is 31.4 Å². The van der Waals surface area contributed by atoms with E-state index in [-0.39, 0.29) is 36.1 Å². The van der Waals surface area contributed by atoms with Gasteiger partial charge in [-0.1, -0.05) is 30.3 Å². The Morgan fingerprint density at radius 2 is 1.97 bits per heavy atom. The van der Waals surface area contributed by atoms with Crippen LogP contribution in [-0.4, -0.2) is 95.4 Å². The van der Waals surface area contributed by atoms with Crippen molar-refractivity contribution < 1.29 is 24.2 Å². The summed E-state index contributed by atoms with van der Waals surface area (Å²) < 4.78 is 11.4. The molecular weight excluding hydrogens is 422 g/mol. The number of amides is 2. The lowest BCUT2D eigenvalue weighted by atomic mass is 9.90. The number of carbonyl (C=O) groups is 2. The third kappa shape index (κ3) is 4.61. The van der Waals surface area contributed by atoms with Crippen molar-refractivity contribution in [3.63, 3.8) is 0 Å². The third-order valence-corrected chi connectivity index (χ3v) is 8.07. The molecule has 2 amide bonds. The largest absolute Gasteiger partial charge is 0.445 e. The molecule has 3 heterocycles. The summed E-state index contributed by atoms with van der Waals surface area (Å²) in [6.07, 6.45) is 3.51. The van der Waals surface area contributed by atoms with Gasteiger partial charge in [0, 0.05) is 19.6 Å². The third-order valence-electron chi connectivity index (χ3n) is 8.07. The molecule has 0 radical (unpaired) electrons. The van der Waals surface area contributed by atoms with Crippen LogP contribution in [0.1, 0.15) is 38.2 Å². The lowest BCUT2D eigenvalue weighted by Gasteiger charge is -2.50. The zero-order valence-electron chi connectivity index (χ0n) is 19.4. The Morgan fingerprint density at radius 1 is 1.18 bits per heavy atom. The quantitative estimate of drug-likeness (QED) is 0.727. The van der Waals surface area contributed by atoms with Gasteiger partial charge in [0.15, 0.2) is 0 Å². The van der Waals surface area contributed by atoms with Crippen molar-refractivity contribution in [3.05, 3.63) is 35.9 Å². The second kappa shape index (κ2) is 9.24. The summed E-state index contributed by atoms with van der Waals surface area (Å²) in [5.41, 5.74) is 1.12. The lowest BCUT2D eigenvalue weighted by molar-refractivity contribution is -0.161. The monoisotopic (exact) mass is 457 g/mol. The Hall–Kier alpha value is -2.16. The second-order valence-corrected chi connectivity index (χ2v) is 10.2. The summed E-state index contributed by atoms with van der Waals surface area (Å²) in [4.78, 5) is 31.9. The van der Waals surface area contributed by atoms with E-state index >= 15 is 0 Å². The SMILES string of the molecule is C[C@H]1C(=O)N2[C@@H](CCN3CCC4(CC4)[C@H](O)C3)COC[C@H]2CN1C(=O)OCc1ccccc1. The van der Waals surface area contributed by atoms with E-state index in [1.165, 1.54) is 4.90 Å². The Morgan fingerprint density at radius 3 is 2.70 bits per heavy atom. The van der Waals surface area contributed by atoms with E-state index in [0.29, 0.717) is 19.8 Å². The van der Waals surface area contributed by atoms with Crippen LogP contribution in [0.5, 0.6) is 0 Å². The zero-order valence-corrected chi connectivity index (χ0v) is 19.4. The van der Waals surface area contributed by atoms with Crippen LogP contribution in [0.2, 0.25) is 0 Å². The summed E-state index contributed by atoms with van der Waals surface area (Å²) in [7, 11) is 0. The minimum Gasteiger partial charge on any atom is -0.445 e. The standard InChI is InChI=1S/C25H35N3O5/c1-18-23(30)28-20(7-11-26-12-10-25(8-9-25)22(29)14-26)16-32-17-21(28)13-27(18)24(31)33-15-19-5-3-2-4-6-19/h2-6,18,20-22,29H,7-17H2,1H3/t18-,20-,21+,22+/m0/s1. The molecule has 1 N–H and O–H groups in total. The number of carbonyl (C=O) groups excluding carboxylic acids is 2. The summed E-state index contributed by atoms with van der Waals surface area (Å²) in [5, 5.41) is 10.5. The Labute approximate surface area is 195 Å². The van der Waals surface area contributed by atoms with Gasteiger partial charge in [-0.25, -0.2) is 4.79 Å². The van der Waals surface area contributed by atoms with Crippen molar-refractivity contribution in [1.82, 2.24) is 14.7 Å². The van der Waals surface area contributed by atoms with Crippen molar-refractivity contribution >= 4 is 12.0 Å². The fraction of sp³-hybridized carbons (Fsp3) is 0.680. The molecule has 8 heteroatoms. The predicted octanol–water partition coefficient (Wildman–Crippen LogP) is 1.86. The van der Waals surface area contributed by atoms with E-state index in [4.69, 9.17) is 9.47 Å². The molecule has 8 nitrogen and oxygen atoms in total. The highest BCUT2D eigenvalue weighted by Gasteiger charge is 2.51. The Balaban J connectivity index is 1.16. The maximum absolute atomic E-state index is 13.3. The molecule has 0 bridgehead atoms. The van der Waals surface area contributed by atoms with Gasteiger partial charge in [-0.2, -0.15) is 0 Å². The van der Waals surface area contributed by atoms with Gasteiger partial charge in [0.2, 0.25) is 5.91 Å². The number of morpholine rings is 1. The number of likely N-dealkylation sites (tertiary alicyclic amines) is 1. The van der Waals surface area contributed by atoms with E-state index in [1.807, 2.05) is 35.2 Å². The number of fused-ring (bicyclic) bond motifs is 1. The average molecular weight is 458 g/mol. The minimum atomic E-state index is -0.559. The number of piperidine rings is 1. The van der Waals surface area contributed by atoms with Crippen molar-refractivity contribution in [2.75, 3.05) is 39.4 Å². The van der Waals surface area contributed by atoms with E-state index in [1.54, 1.807) is 6.92 Å². The molecule has 1 saturated carbocycles. The van der Waals surface area contributed by atoms with E-state index in [2.05, 4.69) is 4.90 Å². The topological polar surface area (TPSA) is 82.6 Å². The van der Waals surface area contributed by atoms with Gasteiger partial charge in [0.1, 0.15) is 12.6 Å². The van der Waals surface area contributed by atoms with Crippen LogP contribution in [0.25, 0.3) is 0 Å². The minimum absolute atomic E-state index is 0.00450. The van der Waals surface area contributed by atoms with E-state index < -0.39 is 12.1 Å². The van der Waals surface area contributed by atoms with Gasteiger partial charge >= 0.3 is 6.09 Å². The highest BCUT2D eigenvalue weighted by molar-refractivity contribution is 5.87. The first-order valence-electron chi connectivity index (χ1n) is 12.2. The van der Waals surface area contributed by atoms with Crippen LogP contribution in [0.4, 0.5) is 4.79 Å². The second-order valence-electron chi connectivity index (χ2n) is 10.2. The van der Waals surface area contributed by atoms with Crippen molar-refractivity contribution in [2.24, 2.45) is 5.41 Å². The van der Waals surface area contributed by atoms with Crippen LogP contribution < -0.4 is 0 Å². The molecule has 0 unspecified atom stereocenters. The first-order valence-corrected chi connectivity index (χ1v) is 12.2. The molecule has 180 valence electrons. The van der Waals surface area contributed by atoms with Gasteiger partial charge in [-0.15, -0.1) is 0 Å². The summed E-state index contributed by atoms with van der Waals surface area (Å²) in [5.74, 6) is -0.0353. The molecule has 3 aliphatic heterocycles. The van der Waals surface area contributed by atoms with Gasteiger partial charge in [-0.05, 0) is 50.1 Å². The number of hydrogen-bond acceptors (Lipinski definition) is 6. The number of piperazine rings is 1. The van der Waals surface area contributed by atoms with Crippen molar-refractivity contribution in [3.8, 4) is 0 Å². The summed E-state index contributed by atoms with van der Waals surface area (Å²) in [6.45, 7) is 5.92. The number of β-amino-alcohol motifs (C(OH)–C–C–N with tert-alkyl or cyclic N) is 1. The first-order chi connectivity index (χ1) is 16.0. The highest BCUT2D eigenvalue weighted by Crippen LogP contribution is 2.53.